The van der Waals surface area contributed by atoms with E-state index in [0.29, 0.717) is 6.42 Å². The van der Waals surface area contributed by atoms with Gasteiger partial charge in [0.1, 0.15) is 0 Å². The molecule has 0 amide bonds. The molecule has 2 rings (SSSR count). The van der Waals surface area contributed by atoms with Gasteiger partial charge in [-0.05, 0) is 30.0 Å². The minimum Gasteiger partial charge on any atom is -0.327 e. The third-order valence-corrected chi connectivity index (χ3v) is 2.88. The Kier molecular flexibility index (Phi) is 4.41. The van der Waals surface area contributed by atoms with Gasteiger partial charge in [0.15, 0.2) is 5.82 Å². The predicted molar refractivity (Wildman–Crippen MR) is 69.9 cm³/mol. The third-order valence-electron chi connectivity index (χ3n) is 2.88. The summed E-state index contributed by atoms with van der Waals surface area (Å²) in [6, 6.07) is 10.6. The molecule has 5 heteroatoms. The maximum Gasteiger partial charge on any atom is 0.176 e. The van der Waals surface area contributed by atoms with E-state index in [2.05, 4.69) is 39.7 Å². The molecule has 0 saturated heterocycles. The maximum absolute atomic E-state index is 6.06. The van der Waals surface area contributed by atoms with Crippen LogP contribution in [0.25, 0.3) is 0 Å². The quantitative estimate of drug-likeness (QED) is 0.827. The molecule has 0 radical (unpaired) electrons. The van der Waals surface area contributed by atoms with Gasteiger partial charge in [0.05, 0.1) is 7.05 Å². The highest BCUT2D eigenvalue weighted by Crippen LogP contribution is 2.07. The summed E-state index contributed by atoms with van der Waals surface area (Å²) < 4.78 is 0. The zero-order chi connectivity index (χ0) is 12.8. The molecular weight excluding hydrogens is 226 g/mol. The second-order valence-electron chi connectivity index (χ2n) is 4.54. The molecule has 1 heterocycles. The Balaban J connectivity index is 1.70. The monoisotopic (exact) mass is 245 g/mol. The number of rotatable bonds is 6. The second-order valence-corrected chi connectivity index (χ2v) is 4.54. The standard InChI is InChI=1S/C13H19N5/c1-18-16-13(15-17-18)10-12(14)9-5-8-11-6-3-2-4-7-11/h2-4,6-7,12H,5,8-10,14H2,1H3. The van der Waals surface area contributed by atoms with Crippen molar-refractivity contribution in [2.75, 3.05) is 0 Å². The Hall–Kier alpha value is -1.75. The van der Waals surface area contributed by atoms with E-state index in [-0.39, 0.29) is 6.04 Å². The molecule has 18 heavy (non-hydrogen) atoms. The Morgan fingerprint density at radius 2 is 2.06 bits per heavy atom. The highest BCUT2D eigenvalue weighted by molar-refractivity contribution is 5.14. The summed E-state index contributed by atoms with van der Waals surface area (Å²) in [5.41, 5.74) is 7.43. The van der Waals surface area contributed by atoms with E-state index < -0.39 is 0 Å². The van der Waals surface area contributed by atoms with Gasteiger partial charge < -0.3 is 5.73 Å². The lowest BCUT2D eigenvalue weighted by molar-refractivity contribution is 0.563. The van der Waals surface area contributed by atoms with Gasteiger partial charge in [-0.3, -0.25) is 0 Å². The molecule has 1 atom stereocenters. The number of aryl methyl sites for hydroxylation is 2. The first-order valence-corrected chi connectivity index (χ1v) is 6.26. The number of nitrogens with zero attached hydrogens (tertiary/aromatic N) is 4. The molecule has 0 fully saturated rings. The van der Waals surface area contributed by atoms with Gasteiger partial charge in [0, 0.05) is 12.5 Å². The molecule has 0 saturated carbocycles. The number of tetrazole rings is 1. The average molecular weight is 245 g/mol. The highest BCUT2D eigenvalue weighted by atomic mass is 15.6. The molecule has 96 valence electrons. The van der Waals surface area contributed by atoms with Crippen LogP contribution in [-0.2, 0) is 19.9 Å². The minimum absolute atomic E-state index is 0.109. The van der Waals surface area contributed by atoms with Crippen LogP contribution >= 0.6 is 0 Å². The van der Waals surface area contributed by atoms with Crippen LogP contribution in [0.15, 0.2) is 30.3 Å². The van der Waals surface area contributed by atoms with Crippen molar-refractivity contribution >= 4 is 0 Å². The fourth-order valence-corrected chi connectivity index (χ4v) is 1.95. The molecule has 0 bridgehead atoms. The zero-order valence-corrected chi connectivity index (χ0v) is 10.7. The largest absolute Gasteiger partial charge is 0.327 e. The predicted octanol–water partition coefficient (Wildman–Crippen LogP) is 1.10. The fraction of sp³-hybridized carbons (Fsp3) is 0.462. The van der Waals surface area contributed by atoms with E-state index in [9.17, 15) is 0 Å². The smallest absolute Gasteiger partial charge is 0.176 e. The van der Waals surface area contributed by atoms with Crippen LogP contribution in [-0.4, -0.2) is 26.2 Å². The summed E-state index contributed by atoms with van der Waals surface area (Å²) in [6.07, 6.45) is 3.84. The van der Waals surface area contributed by atoms with E-state index in [1.807, 2.05) is 6.07 Å². The first-order chi connectivity index (χ1) is 8.74. The van der Waals surface area contributed by atoms with Gasteiger partial charge >= 0.3 is 0 Å². The van der Waals surface area contributed by atoms with Gasteiger partial charge in [-0.1, -0.05) is 30.3 Å². The van der Waals surface area contributed by atoms with E-state index >= 15 is 0 Å². The van der Waals surface area contributed by atoms with Crippen molar-refractivity contribution in [1.82, 2.24) is 20.2 Å². The summed E-state index contributed by atoms with van der Waals surface area (Å²) in [6.45, 7) is 0. The van der Waals surface area contributed by atoms with Crippen molar-refractivity contribution in [2.24, 2.45) is 12.8 Å². The van der Waals surface area contributed by atoms with Crippen LogP contribution in [0, 0.1) is 0 Å². The van der Waals surface area contributed by atoms with E-state index in [1.54, 1.807) is 7.05 Å². The van der Waals surface area contributed by atoms with Crippen LogP contribution in [0.1, 0.15) is 24.2 Å². The van der Waals surface area contributed by atoms with Crippen molar-refractivity contribution in [3.8, 4) is 0 Å². The number of aromatic nitrogens is 4. The number of benzene rings is 1. The van der Waals surface area contributed by atoms with Crippen molar-refractivity contribution in [2.45, 2.75) is 31.7 Å². The van der Waals surface area contributed by atoms with Gasteiger partial charge in [-0.15, -0.1) is 10.2 Å². The third kappa shape index (κ3) is 3.92. The van der Waals surface area contributed by atoms with Crippen LogP contribution in [0.5, 0.6) is 0 Å². The first kappa shape index (κ1) is 12.7. The molecule has 0 spiro atoms. The second kappa shape index (κ2) is 6.26. The summed E-state index contributed by atoms with van der Waals surface area (Å²) in [5, 5.41) is 11.9. The maximum atomic E-state index is 6.06. The topological polar surface area (TPSA) is 69.6 Å². The van der Waals surface area contributed by atoms with Gasteiger partial charge in [-0.25, -0.2) is 0 Å². The van der Waals surface area contributed by atoms with Crippen LogP contribution in [0.3, 0.4) is 0 Å². The van der Waals surface area contributed by atoms with E-state index in [4.69, 9.17) is 5.73 Å². The molecule has 1 unspecified atom stereocenters. The Morgan fingerprint density at radius 1 is 1.28 bits per heavy atom. The highest BCUT2D eigenvalue weighted by Gasteiger charge is 2.08. The normalized spacial score (nSPS) is 12.6. The molecule has 1 aromatic heterocycles. The minimum atomic E-state index is 0.109. The summed E-state index contributed by atoms with van der Waals surface area (Å²) in [7, 11) is 1.76. The summed E-state index contributed by atoms with van der Waals surface area (Å²) in [5.74, 6) is 0.727. The van der Waals surface area contributed by atoms with Crippen molar-refractivity contribution in [3.05, 3.63) is 41.7 Å². The fourth-order valence-electron chi connectivity index (χ4n) is 1.95. The molecule has 0 aliphatic heterocycles. The Labute approximate surface area is 107 Å². The van der Waals surface area contributed by atoms with Crippen LogP contribution in [0.4, 0.5) is 0 Å². The van der Waals surface area contributed by atoms with Gasteiger partial charge in [-0.2, -0.15) is 4.80 Å². The first-order valence-electron chi connectivity index (χ1n) is 6.26. The molecular formula is C13H19N5. The van der Waals surface area contributed by atoms with Crippen LogP contribution in [0.2, 0.25) is 0 Å². The van der Waals surface area contributed by atoms with E-state index in [1.165, 1.54) is 10.4 Å². The molecule has 0 aliphatic carbocycles. The van der Waals surface area contributed by atoms with Gasteiger partial charge in [0.2, 0.25) is 0 Å². The average Bonchev–Trinajstić information content (AvgIpc) is 2.76. The van der Waals surface area contributed by atoms with Crippen LogP contribution < -0.4 is 5.73 Å². The molecule has 5 nitrogen and oxygen atoms in total. The Morgan fingerprint density at radius 3 is 2.72 bits per heavy atom. The number of hydrogen-bond donors (Lipinski definition) is 1. The zero-order valence-electron chi connectivity index (χ0n) is 10.7. The lowest BCUT2D eigenvalue weighted by atomic mass is 10.0. The Bertz CT molecular complexity index is 465. The lowest BCUT2D eigenvalue weighted by Gasteiger charge is -2.08. The summed E-state index contributed by atoms with van der Waals surface area (Å²) >= 11 is 0. The van der Waals surface area contributed by atoms with E-state index in [0.717, 1.165) is 25.1 Å². The molecule has 2 N–H and O–H groups in total. The number of hydrogen-bond acceptors (Lipinski definition) is 4. The molecule has 1 aromatic carbocycles. The summed E-state index contributed by atoms with van der Waals surface area (Å²) in [4.78, 5) is 1.46. The molecule has 0 aliphatic rings. The van der Waals surface area contributed by atoms with Crippen molar-refractivity contribution < 1.29 is 0 Å². The van der Waals surface area contributed by atoms with Crippen molar-refractivity contribution in [3.63, 3.8) is 0 Å². The van der Waals surface area contributed by atoms with Gasteiger partial charge in [0.25, 0.3) is 0 Å². The molecule has 2 aromatic rings. The number of nitrogens with two attached hydrogens (primary N) is 1. The lowest BCUT2D eigenvalue weighted by Crippen LogP contribution is -2.23. The SMILES string of the molecule is Cn1nnc(CC(N)CCCc2ccccc2)n1. The van der Waals surface area contributed by atoms with Crippen molar-refractivity contribution in [1.29, 1.82) is 0 Å².